The lowest BCUT2D eigenvalue weighted by molar-refractivity contribution is -0.0502. The average molecular weight is 522 g/mol. The van der Waals surface area contributed by atoms with Crippen molar-refractivity contribution in [2.75, 3.05) is 27.3 Å². The number of pyridine rings is 1. The molecule has 3 heterocycles. The molecule has 0 N–H and O–H groups in total. The average Bonchev–Trinajstić information content (AvgIpc) is 3.47. The Bertz CT molecular complexity index is 1310. The third kappa shape index (κ3) is 5.51. The van der Waals surface area contributed by atoms with Crippen molar-refractivity contribution in [3.8, 4) is 28.5 Å². The standard InChI is InChI=1S/C26H27F4N3O4/c1-32-14-26(29,30)11-17(32)13-36-18-5-6-33-19(12-31-23(33)10-18)16-8-21(35-2)24(20(34)7-15-3-4-15)22(9-16)37-25(27)28/h5-6,8-10,12,15,17,25H,3-4,7,11,13-14H2,1-2H3/t17-/m0/s1. The van der Waals surface area contributed by atoms with Crippen LogP contribution in [-0.2, 0) is 0 Å². The molecular formula is C26H27F4N3O4. The fourth-order valence-corrected chi connectivity index (χ4v) is 4.75. The summed E-state index contributed by atoms with van der Waals surface area (Å²) < 4.78 is 71.4. The molecule has 1 aliphatic heterocycles. The molecule has 37 heavy (non-hydrogen) atoms. The predicted molar refractivity (Wildman–Crippen MR) is 127 cm³/mol. The van der Waals surface area contributed by atoms with E-state index in [1.165, 1.54) is 13.2 Å². The zero-order valence-corrected chi connectivity index (χ0v) is 20.4. The molecule has 11 heteroatoms. The second kappa shape index (κ2) is 9.85. The quantitative estimate of drug-likeness (QED) is 0.266. The smallest absolute Gasteiger partial charge is 0.387 e. The molecule has 2 fully saturated rings. The van der Waals surface area contributed by atoms with Crippen molar-refractivity contribution in [3.63, 3.8) is 0 Å². The highest BCUT2D eigenvalue weighted by molar-refractivity contribution is 6.02. The molecule has 1 aliphatic carbocycles. The predicted octanol–water partition coefficient (Wildman–Crippen LogP) is 5.31. The van der Waals surface area contributed by atoms with Gasteiger partial charge in [-0.3, -0.25) is 14.1 Å². The topological polar surface area (TPSA) is 65.3 Å². The third-order valence-corrected chi connectivity index (χ3v) is 6.81. The number of aromatic nitrogens is 2. The summed E-state index contributed by atoms with van der Waals surface area (Å²) in [6, 6.07) is 5.93. The number of carbonyl (C=O) groups excluding carboxylic acids is 1. The minimum Gasteiger partial charge on any atom is -0.496 e. The summed E-state index contributed by atoms with van der Waals surface area (Å²) in [5.74, 6) is -2.40. The molecule has 1 atom stereocenters. The highest BCUT2D eigenvalue weighted by atomic mass is 19.3. The Balaban J connectivity index is 1.42. The summed E-state index contributed by atoms with van der Waals surface area (Å²) in [7, 11) is 3.01. The molecule has 0 radical (unpaired) electrons. The zero-order chi connectivity index (χ0) is 26.3. The molecule has 3 aromatic rings. The van der Waals surface area contributed by atoms with Gasteiger partial charge in [0.05, 0.1) is 25.5 Å². The number of Topliss-reactive ketones (excluding diaryl/α,β-unsaturated/α-hetero) is 1. The number of hydrogen-bond acceptors (Lipinski definition) is 6. The molecule has 2 aliphatic rings. The number of likely N-dealkylation sites (N-methyl/N-ethyl adjacent to an activating group) is 1. The number of methoxy groups -OCH3 is 1. The first kappa shape index (κ1) is 25.3. The van der Waals surface area contributed by atoms with Crippen LogP contribution in [0.15, 0.2) is 36.7 Å². The van der Waals surface area contributed by atoms with Gasteiger partial charge in [0.2, 0.25) is 0 Å². The van der Waals surface area contributed by atoms with Crippen LogP contribution in [0.25, 0.3) is 16.9 Å². The number of ether oxygens (including phenoxy) is 3. The van der Waals surface area contributed by atoms with Crippen LogP contribution in [0.3, 0.4) is 0 Å². The molecule has 0 unspecified atom stereocenters. The van der Waals surface area contributed by atoms with Crippen molar-refractivity contribution in [2.45, 2.75) is 44.3 Å². The van der Waals surface area contributed by atoms with Crippen molar-refractivity contribution in [1.29, 1.82) is 0 Å². The lowest BCUT2D eigenvalue weighted by atomic mass is 10.00. The maximum atomic E-state index is 13.6. The van der Waals surface area contributed by atoms with Crippen molar-refractivity contribution in [3.05, 3.63) is 42.2 Å². The number of hydrogen-bond donors (Lipinski definition) is 0. The van der Waals surface area contributed by atoms with Gasteiger partial charge in [0.15, 0.2) is 5.78 Å². The van der Waals surface area contributed by atoms with Crippen LogP contribution in [-0.4, -0.2) is 66.0 Å². The molecule has 0 bridgehead atoms. The van der Waals surface area contributed by atoms with Crippen molar-refractivity contribution >= 4 is 11.4 Å². The van der Waals surface area contributed by atoms with E-state index in [-0.39, 0.29) is 54.8 Å². The largest absolute Gasteiger partial charge is 0.496 e. The van der Waals surface area contributed by atoms with Gasteiger partial charge in [-0.2, -0.15) is 8.78 Å². The molecule has 0 spiro atoms. The van der Waals surface area contributed by atoms with Crippen LogP contribution in [0.5, 0.6) is 17.2 Å². The Morgan fingerprint density at radius 1 is 1.22 bits per heavy atom. The minimum absolute atomic E-state index is 0.00501. The van der Waals surface area contributed by atoms with E-state index in [1.807, 2.05) is 0 Å². The first-order valence-corrected chi connectivity index (χ1v) is 12.0. The highest BCUT2D eigenvalue weighted by Crippen LogP contribution is 2.40. The first-order chi connectivity index (χ1) is 17.6. The van der Waals surface area contributed by atoms with E-state index in [2.05, 4.69) is 4.98 Å². The van der Waals surface area contributed by atoms with Crippen LogP contribution in [0.1, 0.15) is 36.0 Å². The Kier molecular flexibility index (Phi) is 6.74. The van der Waals surface area contributed by atoms with Gasteiger partial charge in [-0.05, 0) is 44.0 Å². The normalized spacial score (nSPS) is 19.5. The fourth-order valence-electron chi connectivity index (χ4n) is 4.75. The second-order valence-electron chi connectivity index (χ2n) is 9.67. The molecule has 1 saturated carbocycles. The summed E-state index contributed by atoms with van der Waals surface area (Å²) in [6.45, 7) is -3.30. The van der Waals surface area contributed by atoms with Crippen molar-refractivity contribution < 1.29 is 36.6 Å². The zero-order valence-electron chi connectivity index (χ0n) is 20.4. The number of alkyl halides is 4. The summed E-state index contributed by atoms with van der Waals surface area (Å²) in [4.78, 5) is 18.8. The van der Waals surface area contributed by atoms with Gasteiger partial charge in [0.1, 0.15) is 35.1 Å². The number of likely N-dealkylation sites (tertiary alicyclic amines) is 1. The number of nitrogens with zero attached hydrogens (tertiary/aromatic N) is 3. The van der Waals surface area contributed by atoms with Crippen LogP contribution in [0.2, 0.25) is 0 Å². The van der Waals surface area contributed by atoms with E-state index in [0.717, 1.165) is 12.8 Å². The lowest BCUT2D eigenvalue weighted by Gasteiger charge is -2.18. The minimum atomic E-state index is -3.12. The summed E-state index contributed by atoms with van der Waals surface area (Å²) in [5, 5.41) is 0. The number of imidazole rings is 1. The van der Waals surface area contributed by atoms with Gasteiger partial charge in [0, 0.05) is 36.7 Å². The van der Waals surface area contributed by atoms with E-state index in [1.54, 1.807) is 46.9 Å². The molecule has 2 aromatic heterocycles. The van der Waals surface area contributed by atoms with Gasteiger partial charge in [-0.1, -0.05) is 0 Å². The highest BCUT2D eigenvalue weighted by Gasteiger charge is 2.43. The second-order valence-corrected chi connectivity index (χ2v) is 9.67. The first-order valence-electron chi connectivity index (χ1n) is 12.0. The van der Waals surface area contributed by atoms with E-state index in [4.69, 9.17) is 14.2 Å². The summed E-state index contributed by atoms with van der Waals surface area (Å²) in [6.07, 6.45) is 5.11. The van der Waals surface area contributed by atoms with Crippen molar-refractivity contribution in [2.24, 2.45) is 5.92 Å². The maximum Gasteiger partial charge on any atom is 0.387 e. The Labute approximate surface area is 210 Å². The van der Waals surface area contributed by atoms with E-state index in [9.17, 15) is 22.4 Å². The Morgan fingerprint density at radius 3 is 2.62 bits per heavy atom. The van der Waals surface area contributed by atoms with Crippen LogP contribution < -0.4 is 14.2 Å². The monoisotopic (exact) mass is 521 g/mol. The van der Waals surface area contributed by atoms with E-state index >= 15 is 0 Å². The molecule has 198 valence electrons. The van der Waals surface area contributed by atoms with E-state index in [0.29, 0.717) is 22.7 Å². The number of halogens is 4. The lowest BCUT2D eigenvalue weighted by Crippen LogP contribution is -2.30. The maximum absolute atomic E-state index is 13.6. The molecule has 1 aromatic carbocycles. The molecule has 5 rings (SSSR count). The Hall–Kier alpha value is -3.34. The van der Waals surface area contributed by atoms with Crippen LogP contribution >= 0.6 is 0 Å². The SMILES string of the molecule is COc1cc(-c2cnc3cc(OC[C@@H]4CC(F)(F)CN4C)ccn23)cc(OC(F)F)c1C(=O)CC1CC1. The van der Waals surface area contributed by atoms with Gasteiger partial charge >= 0.3 is 6.61 Å². The van der Waals surface area contributed by atoms with E-state index < -0.39 is 18.6 Å². The van der Waals surface area contributed by atoms with Gasteiger partial charge in [-0.25, -0.2) is 13.8 Å². The number of fused-ring (bicyclic) bond motifs is 1. The fraction of sp³-hybridized carbons (Fsp3) is 0.462. The summed E-state index contributed by atoms with van der Waals surface area (Å²) >= 11 is 0. The summed E-state index contributed by atoms with van der Waals surface area (Å²) in [5.41, 5.74) is 1.52. The Morgan fingerprint density at radius 2 is 1.97 bits per heavy atom. The molecule has 0 amide bonds. The number of rotatable bonds is 10. The third-order valence-electron chi connectivity index (χ3n) is 6.81. The van der Waals surface area contributed by atoms with Gasteiger partial charge in [-0.15, -0.1) is 0 Å². The number of ketones is 1. The van der Waals surface area contributed by atoms with Crippen LogP contribution in [0, 0.1) is 5.92 Å². The number of benzene rings is 1. The molecular weight excluding hydrogens is 494 g/mol. The molecule has 7 nitrogen and oxygen atoms in total. The van der Waals surface area contributed by atoms with Gasteiger partial charge in [0.25, 0.3) is 5.92 Å². The van der Waals surface area contributed by atoms with Gasteiger partial charge < -0.3 is 14.2 Å². The van der Waals surface area contributed by atoms with Crippen molar-refractivity contribution in [1.82, 2.24) is 14.3 Å². The molecule has 1 saturated heterocycles. The number of carbonyl (C=O) groups is 1. The van der Waals surface area contributed by atoms with Crippen LogP contribution in [0.4, 0.5) is 17.6 Å².